The van der Waals surface area contributed by atoms with Crippen LogP contribution in [0, 0.1) is 0 Å². The van der Waals surface area contributed by atoms with Crippen LogP contribution in [0.4, 0.5) is 0 Å². The number of likely N-dealkylation sites (tertiary alicyclic amines) is 1. The Kier molecular flexibility index (Phi) is 3.18. The second kappa shape index (κ2) is 4.68. The smallest absolute Gasteiger partial charge is 0.0947 e. The van der Waals surface area contributed by atoms with Crippen molar-refractivity contribution in [3.8, 4) is 0 Å². The molecule has 1 saturated carbocycles. The van der Waals surface area contributed by atoms with Crippen molar-refractivity contribution in [2.45, 2.75) is 37.4 Å². The predicted molar refractivity (Wildman–Crippen MR) is 71.2 cm³/mol. The van der Waals surface area contributed by atoms with Crippen LogP contribution in [0.15, 0.2) is 23.0 Å². The number of likely N-dealkylation sites (N-methyl/N-ethyl adjacent to an activating group) is 1. The van der Waals surface area contributed by atoms with E-state index in [1.165, 1.54) is 31.4 Å². The van der Waals surface area contributed by atoms with Gasteiger partial charge in [-0.3, -0.25) is 9.80 Å². The predicted octanol–water partition coefficient (Wildman–Crippen LogP) is 1.28. The molecule has 18 heavy (non-hydrogen) atoms. The molecule has 2 N–H and O–H groups in total. The van der Waals surface area contributed by atoms with Crippen LogP contribution in [0.1, 0.15) is 24.8 Å². The molecule has 1 saturated heterocycles. The maximum Gasteiger partial charge on any atom is 0.0947 e. The lowest BCUT2D eigenvalue weighted by Gasteiger charge is -2.38. The molecule has 0 spiro atoms. The fourth-order valence-corrected chi connectivity index (χ4v) is 3.10. The van der Waals surface area contributed by atoms with Crippen LogP contribution in [0.5, 0.6) is 0 Å². The summed E-state index contributed by atoms with van der Waals surface area (Å²) in [6, 6.07) is 2.88. The molecule has 1 aromatic heterocycles. The molecule has 4 heteroatoms. The first kappa shape index (κ1) is 12.2. The number of hydrogen-bond acceptors (Lipinski definition) is 4. The minimum absolute atomic E-state index is 0.153. The maximum absolute atomic E-state index is 6.09. The van der Waals surface area contributed by atoms with Gasteiger partial charge in [0.2, 0.25) is 0 Å². The Morgan fingerprint density at radius 3 is 3.00 bits per heavy atom. The van der Waals surface area contributed by atoms with Crippen molar-refractivity contribution >= 4 is 0 Å². The average molecular weight is 249 g/mol. The lowest BCUT2D eigenvalue weighted by atomic mass is 9.96. The molecule has 1 aromatic rings. The lowest BCUT2D eigenvalue weighted by molar-refractivity contribution is 0.120. The largest absolute Gasteiger partial charge is 0.472 e. The van der Waals surface area contributed by atoms with Gasteiger partial charge >= 0.3 is 0 Å². The molecule has 1 aliphatic heterocycles. The van der Waals surface area contributed by atoms with Gasteiger partial charge in [-0.25, -0.2) is 0 Å². The zero-order valence-corrected chi connectivity index (χ0v) is 11.1. The number of nitrogens with two attached hydrogens (primary N) is 1. The van der Waals surface area contributed by atoms with Gasteiger partial charge in [0.15, 0.2) is 0 Å². The van der Waals surface area contributed by atoms with Gasteiger partial charge in [0.05, 0.1) is 12.5 Å². The quantitative estimate of drug-likeness (QED) is 0.854. The van der Waals surface area contributed by atoms with E-state index in [1.807, 2.05) is 12.3 Å². The molecule has 1 unspecified atom stereocenters. The molecule has 1 atom stereocenters. The van der Waals surface area contributed by atoms with Gasteiger partial charge in [0.25, 0.3) is 0 Å². The van der Waals surface area contributed by atoms with Gasteiger partial charge in [-0.05, 0) is 32.4 Å². The van der Waals surface area contributed by atoms with Gasteiger partial charge in [0.1, 0.15) is 0 Å². The Balaban J connectivity index is 1.67. The summed E-state index contributed by atoms with van der Waals surface area (Å²) in [5.41, 5.74) is 7.47. The Hall–Kier alpha value is -0.840. The highest BCUT2D eigenvalue weighted by molar-refractivity contribution is 5.09. The third-order valence-electron chi connectivity index (χ3n) is 4.61. The van der Waals surface area contributed by atoms with Crippen molar-refractivity contribution in [2.24, 2.45) is 5.73 Å². The SMILES string of the molecule is CN(Cc1ccoc1)C1(CN)CCN(C2CC2)C1. The van der Waals surface area contributed by atoms with Gasteiger partial charge < -0.3 is 10.2 Å². The van der Waals surface area contributed by atoms with Crippen molar-refractivity contribution in [3.63, 3.8) is 0 Å². The molecule has 100 valence electrons. The van der Waals surface area contributed by atoms with Crippen molar-refractivity contribution in [1.82, 2.24) is 9.80 Å². The molecule has 1 aliphatic carbocycles. The van der Waals surface area contributed by atoms with Crippen molar-refractivity contribution in [1.29, 1.82) is 0 Å². The minimum Gasteiger partial charge on any atom is -0.472 e. The van der Waals surface area contributed by atoms with E-state index in [2.05, 4.69) is 16.8 Å². The van der Waals surface area contributed by atoms with E-state index < -0.39 is 0 Å². The molecule has 0 bridgehead atoms. The van der Waals surface area contributed by atoms with Crippen molar-refractivity contribution in [3.05, 3.63) is 24.2 Å². The lowest BCUT2D eigenvalue weighted by Crippen LogP contribution is -2.53. The summed E-state index contributed by atoms with van der Waals surface area (Å²) >= 11 is 0. The van der Waals surface area contributed by atoms with E-state index in [4.69, 9.17) is 10.2 Å². The molecule has 2 aliphatic rings. The zero-order chi connectivity index (χ0) is 12.6. The number of furan rings is 1. The van der Waals surface area contributed by atoms with E-state index in [1.54, 1.807) is 6.26 Å². The highest BCUT2D eigenvalue weighted by atomic mass is 16.3. The van der Waals surface area contributed by atoms with Crippen LogP contribution in [0.2, 0.25) is 0 Å². The van der Waals surface area contributed by atoms with E-state index >= 15 is 0 Å². The second-order valence-corrected chi connectivity index (χ2v) is 5.87. The Labute approximate surface area is 109 Å². The van der Waals surface area contributed by atoms with Crippen LogP contribution >= 0.6 is 0 Å². The summed E-state index contributed by atoms with van der Waals surface area (Å²) in [7, 11) is 2.19. The molecule has 4 nitrogen and oxygen atoms in total. The Morgan fingerprint density at radius 2 is 2.39 bits per heavy atom. The van der Waals surface area contributed by atoms with Gasteiger partial charge in [0, 0.05) is 43.3 Å². The normalized spacial score (nSPS) is 29.3. The highest BCUT2D eigenvalue weighted by Crippen LogP contribution is 2.35. The average Bonchev–Trinajstić information content (AvgIpc) is 2.93. The minimum atomic E-state index is 0.153. The van der Waals surface area contributed by atoms with Crippen LogP contribution in [0.3, 0.4) is 0 Å². The number of nitrogens with zero attached hydrogens (tertiary/aromatic N) is 2. The van der Waals surface area contributed by atoms with Crippen LogP contribution in [0.25, 0.3) is 0 Å². The van der Waals surface area contributed by atoms with Gasteiger partial charge in [-0.15, -0.1) is 0 Å². The number of hydrogen-bond donors (Lipinski definition) is 1. The van der Waals surface area contributed by atoms with Crippen molar-refractivity contribution in [2.75, 3.05) is 26.7 Å². The van der Waals surface area contributed by atoms with E-state index in [9.17, 15) is 0 Å². The molecular weight excluding hydrogens is 226 g/mol. The van der Waals surface area contributed by atoms with E-state index in [0.717, 1.165) is 25.7 Å². The molecule has 0 radical (unpaired) electrons. The Bertz CT molecular complexity index is 388. The first-order chi connectivity index (χ1) is 8.73. The van der Waals surface area contributed by atoms with Crippen LogP contribution < -0.4 is 5.73 Å². The molecule has 2 heterocycles. The number of rotatable bonds is 5. The molecule has 2 fully saturated rings. The molecule has 0 aromatic carbocycles. The topological polar surface area (TPSA) is 45.6 Å². The second-order valence-electron chi connectivity index (χ2n) is 5.87. The van der Waals surface area contributed by atoms with E-state index in [-0.39, 0.29) is 5.54 Å². The fourth-order valence-electron chi connectivity index (χ4n) is 3.10. The molecule has 0 amide bonds. The first-order valence-electron chi connectivity index (χ1n) is 6.90. The van der Waals surface area contributed by atoms with Crippen molar-refractivity contribution < 1.29 is 4.42 Å². The first-order valence-corrected chi connectivity index (χ1v) is 6.90. The maximum atomic E-state index is 6.09. The van der Waals surface area contributed by atoms with Gasteiger partial charge in [-0.2, -0.15) is 0 Å². The summed E-state index contributed by atoms with van der Waals surface area (Å²) in [5, 5.41) is 0. The Morgan fingerprint density at radius 1 is 1.56 bits per heavy atom. The summed E-state index contributed by atoms with van der Waals surface area (Å²) in [4.78, 5) is 5.04. The fraction of sp³-hybridized carbons (Fsp3) is 0.714. The summed E-state index contributed by atoms with van der Waals surface area (Å²) in [5.74, 6) is 0. The zero-order valence-electron chi connectivity index (χ0n) is 11.1. The van der Waals surface area contributed by atoms with Crippen LogP contribution in [-0.4, -0.2) is 48.1 Å². The third-order valence-corrected chi connectivity index (χ3v) is 4.61. The standard InChI is InChI=1S/C14H23N3O/c1-16(8-12-4-7-18-9-12)14(10-15)5-6-17(11-14)13-2-3-13/h4,7,9,13H,2-3,5-6,8,10-11,15H2,1H3. The third kappa shape index (κ3) is 2.20. The molecule has 3 rings (SSSR count). The van der Waals surface area contributed by atoms with Crippen LogP contribution in [-0.2, 0) is 6.54 Å². The van der Waals surface area contributed by atoms with Gasteiger partial charge in [-0.1, -0.05) is 0 Å². The molecular formula is C14H23N3O. The summed E-state index contributed by atoms with van der Waals surface area (Å²) < 4.78 is 5.15. The summed E-state index contributed by atoms with van der Waals surface area (Å²) in [6.45, 7) is 4.00. The summed E-state index contributed by atoms with van der Waals surface area (Å²) in [6.07, 6.45) is 7.52. The highest BCUT2D eigenvalue weighted by Gasteiger charge is 2.44. The monoisotopic (exact) mass is 249 g/mol. The van der Waals surface area contributed by atoms with E-state index in [0.29, 0.717) is 0 Å².